The fourth-order valence-corrected chi connectivity index (χ4v) is 6.84. The van der Waals surface area contributed by atoms with Crippen molar-refractivity contribution in [2.45, 2.75) is 32.8 Å². The Hall–Kier alpha value is -2.65. The fourth-order valence-electron chi connectivity index (χ4n) is 4.80. The Morgan fingerprint density at radius 3 is 2.69 bits per heavy atom. The minimum absolute atomic E-state index is 0.185. The van der Waals surface area contributed by atoms with Gasteiger partial charge in [0.05, 0.1) is 50.2 Å². The van der Waals surface area contributed by atoms with Crippen molar-refractivity contribution in [2.24, 2.45) is 0 Å². The minimum atomic E-state index is -3.27. The molecule has 0 amide bonds. The zero-order chi connectivity index (χ0) is 24.5. The third-order valence-electron chi connectivity index (χ3n) is 6.18. The summed E-state index contributed by atoms with van der Waals surface area (Å²) in [7, 11) is -3.27. The Morgan fingerprint density at radius 2 is 1.94 bits per heavy atom. The zero-order valence-corrected chi connectivity index (χ0v) is 21.3. The van der Waals surface area contributed by atoms with Crippen LogP contribution in [0, 0.1) is 0 Å². The minimum Gasteiger partial charge on any atom is -0.486 e. The number of hydrogen-bond donors (Lipinski definition) is 1. The number of aromatic nitrogens is 3. The highest BCUT2D eigenvalue weighted by Gasteiger charge is 2.43. The molecule has 0 bridgehead atoms. The quantitative estimate of drug-likeness (QED) is 0.431. The largest absolute Gasteiger partial charge is 0.486 e. The van der Waals surface area contributed by atoms with E-state index in [-0.39, 0.29) is 6.16 Å². The third-order valence-corrected chi connectivity index (χ3v) is 8.54. The van der Waals surface area contributed by atoms with Gasteiger partial charge in [-0.25, -0.2) is 9.50 Å². The Kier molecular flexibility index (Phi) is 6.72. The van der Waals surface area contributed by atoms with Crippen molar-refractivity contribution in [1.29, 1.82) is 0 Å². The summed E-state index contributed by atoms with van der Waals surface area (Å²) in [5, 5.41) is 7.95. The van der Waals surface area contributed by atoms with Crippen LogP contribution in [0.25, 0.3) is 5.65 Å². The molecule has 0 radical (unpaired) electrons. The molecule has 1 fully saturated rings. The van der Waals surface area contributed by atoms with Crippen LogP contribution in [-0.2, 0) is 24.8 Å². The number of nitrogens with zero attached hydrogens (tertiary/aromatic N) is 4. The molecule has 1 aromatic carbocycles. The van der Waals surface area contributed by atoms with Gasteiger partial charge in [-0.3, -0.25) is 4.57 Å². The highest BCUT2D eigenvalue weighted by Crippen LogP contribution is 2.54. The number of ether oxygens (including phenoxy) is 2. The number of hydrogen-bond acceptors (Lipinski definition) is 9. The molecule has 1 atom stereocenters. The predicted octanol–water partition coefficient (Wildman–Crippen LogP) is 4.27. The average molecular weight is 502 g/mol. The van der Waals surface area contributed by atoms with Crippen LogP contribution in [0.2, 0.25) is 0 Å². The highest BCUT2D eigenvalue weighted by atomic mass is 31.2. The Bertz CT molecular complexity index is 1230. The monoisotopic (exact) mass is 501 g/mol. The van der Waals surface area contributed by atoms with Crippen LogP contribution < -0.4 is 15.0 Å². The number of nitrogens with one attached hydrogen (secondary N) is 1. The molecule has 10 nitrogen and oxygen atoms in total. The van der Waals surface area contributed by atoms with Gasteiger partial charge in [0, 0.05) is 43.5 Å². The van der Waals surface area contributed by atoms with Crippen LogP contribution in [0.3, 0.4) is 0 Å². The van der Waals surface area contributed by atoms with Crippen molar-refractivity contribution in [3.63, 3.8) is 0 Å². The average Bonchev–Trinajstić information content (AvgIpc) is 3.38. The molecule has 4 heterocycles. The van der Waals surface area contributed by atoms with E-state index in [9.17, 15) is 4.57 Å². The van der Waals surface area contributed by atoms with Crippen LogP contribution in [0.5, 0.6) is 5.75 Å². The molecule has 188 valence electrons. The van der Waals surface area contributed by atoms with E-state index in [0.717, 1.165) is 47.1 Å². The number of rotatable bonds is 9. The second kappa shape index (κ2) is 9.78. The first-order valence-electron chi connectivity index (χ1n) is 12.0. The Balaban J connectivity index is 1.48. The lowest BCUT2D eigenvalue weighted by molar-refractivity contribution is 0.121. The molecule has 3 aromatic rings. The van der Waals surface area contributed by atoms with E-state index in [1.165, 1.54) is 0 Å². The Morgan fingerprint density at radius 1 is 1.17 bits per heavy atom. The van der Waals surface area contributed by atoms with Crippen LogP contribution in [0.15, 0.2) is 36.8 Å². The summed E-state index contributed by atoms with van der Waals surface area (Å²) < 4.78 is 38.1. The molecule has 0 saturated carbocycles. The third kappa shape index (κ3) is 5.02. The second-order valence-corrected chi connectivity index (χ2v) is 11.0. The van der Waals surface area contributed by atoms with Gasteiger partial charge >= 0.3 is 7.60 Å². The highest BCUT2D eigenvalue weighted by molar-refractivity contribution is 7.53. The number of fused-ring (bicyclic) bond motifs is 2. The van der Waals surface area contributed by atoms with Gasteiger partial charge in [-0.05, 0) is 32.9 Å². The second-order valence-electron chi connectivity index (χ2n) is 8.98. The van der Waals surface area contributed by atoms with E-state index in [0.29, 0.717) is 32.8 Å². The molecular formula is C24H32N5O5P. The van der Waals surface area contributed by atoms with Crippen molar-refractivity contribution in [2.75, 3.05) is 55.9 Å². The molecule has 2 aromatic heterocycles. The molecule has 1 saturated heterocycles. The van der Waals surface area contributed by atoms with Crippen molar-refractivity contribution in [1.82, 2.24) is 14.6 Å². The summed E-state index contributed by atoms with van der Waals surface area (Å²) in [5.41, 5.74) is 3.86. The van der Waals surface area contributed by atoms with E-state index in [4.69, 9.17) is 18.5 Å². The van der Waals surface area contributed by atoms with Gasteiger partial charge in [0.15, 0.2) is 5.65 Å². The van der Waals surface area contributed by atoms with Gasteiger partial charge in [0.1, 0.15) is 17.0 Å². The predicted molar refractivity (Wildman–Crippen MR) is 134 cm³/mol. The zero-order valence-electron chi connectivity index (χ0n) is 20.4. The summed E-state index contributed by atoms with van der Waals surface area (Å²) in [6.07, 6.45) is 6.18. The lowest BCUT2D eigenvalue weighted by Gasteiger charge is -2.31. The smallest absolute Gasteiger partial charge is 0.334 e. The lowest BCUT2D eigenvalue weighted by Crippen LogP contribution is -2.36. The van der Waals surface area contributed by atoms with Crippen molar-refractivity contribution in [3.05, 3.63) is 42.4 Å². The van der Waals surface area contributed by atoms with Gasteiger partial charge in [-0.15, -0.1) is 0 Å². The molecule has 1 N–H and O–H groups in total. The number of morpholine rings is 1. The first-order chi connectivity index (χ1) is 16.9. The van der Waals surface area contributed by atoms with Gasteiger partial charge in [-0.1, -0.05) is 0 Å². The molecule has 2 aliphatic heterocycles. The summed E-state index contributed by atoms with van der Waals surface area (Å²) in [6, 6.07) is 6.03. The Labute approximate surface area is 205 Å². The van der Waals surface area contributed by atoms with Crippen LogP contribution >= 0.6 is 7.60 Å². The van der Waals surface area contributed by atoms with Gasteiger partial charge in [0.25, 0.3) is 0 Å². The van der Waals surface area contributed by atoms with E-state index >= 15 is 0 Å². The summed E-state index contributed by atoms with van der Waals surface area (Å²) in [5.74, 6) is 0.789. The maximum atomic E-state index is 13.3. The molecule has 2 aliphatic rings. The standard InChI is InChI=1S/C24H32N5O5P/c1-4-32-35(30,33-5-2)17-24(3)15-18-13-19(27-20-16-26-29-8-6-7-25-23(20)29)21(14-22(18)34-24)28-9-11-31-12-10-28/h6-8,13-14,16,27H,4-5,9-12,15,17H2,1-3H3. The molecule has 0 aliphatic carbocycles. The summed E-state index contributed by atoms with van der Waals surface area (Å²) in [4.78, 5) is 6.76. The lowest BCUT2D eigenvalue weighted by atomic mass is 10.0. The SMILES string of the molecule is CCOP(=O)(CC1(C)Cc2cc(Nc3cnn4cccnc34)c(N3CCOCC3)cc2O1)OCC. The fraction of sp³-hybridized carbons (Fsp3) is 0.500. The molecule has 35 heavy (non-hydrogen) atoms. The van der Waals surface area contributed by atoms with Crippen LogP contribution in [0.4, 0.5) is 17.1 Å². The number of benzene rings is 1. The van der Waals surface area contributed by atoms with Crippen molar-refractivity contribution >= 4 is 30.3 Å². The van der Waals surface area contributed by atoms with E-state index in [2.05, 4.69) is 32.4 Å². The molecule has 0 spiro atoms. The maximum Gasteiger partial charge on any atom is 0.334 e. The number of anilines is 3. The van der Waals surface area contributed by atoms with E-state index in [1.807, 2.05) is 33.0 Å². The summed E-state index contributed by atoms with van der Waals surface area (Å²) >= 11 is 0. The van der Waals surface area contributed by atoms with Crippen molar-refractivity contribution in [3.8, 4) is 5.75 Å². The maximum absolute atomic E-state index is 13.3. The first-order valence-corrected chi connectivity index (χ1v) is 13.8. The van der Waals surface area contributed by atoms with Crippen molar-refractivity contribution < 1.29 is 23.1 Å². The molecule has 1 unspecified atom stereocenters. The van der Waals surface area contributed by atoms with Gasteiger partial charge in [0.2, 0.25) is 0 Å². The molecular weight excluding hydrogens is 469 g/mol. The van der Waals surface area contributed by atoms with Crippen LogP contribution in [-0.4, -0.2) is 65.9 Å². The van der Waals surface area contributed by atoms with Gasteiger partial charge < -0.3 is 28.7 Å². The molecule has 11 heteroatoms. The van der Waals surface area contributed by atoms with Crippen LogP contribution in [0.1, 0.15) is 26.3 Å². The summed E-state index contributed by atoms with van der Waals surface area (Å²) in [6.45, 7) is 9.14. The molecule has 5 rings (SSSR count). The topological polar surface area (TPSA) is 99.5 Å². The van der Waals surface area contributed by atoms with E-state index < -0.39 is 13.2 Å². The van der Waals surface area contributed by atoms with E-state index in [1.54, 1.807) is 16.9 Å². The normalized spacial score (nSPS) is 20.1. The first kappa shape index (κ1) is 24.1. The van der Waals surface area contributed by atoms with Gasteiger partial charge in [-0.2, -0.15) is 5.10 Å².